The number of carbonyl (C=O) groups is 1. The van der Waals surface area contributed by atoms with Gasteiger partial charge in [0.1, 0.15) is 6.10 Å². The van der Waals surface area contributed by atoms with Crippen molar-refractivity contribution in [3.8, 4) is 0 Å². The molecule has 0 aromatic rings. The number of rotatable bonds is 1. The Morgan fingerprint density at radius 3 is 2.36 bits per heavy atom. The van der Waals surface area contributed by atoms with Gasteiger partial charge in [-0.05, 0) is 25.2 Å². The van der Waals surface area contributed by atoms with Gasteiger partial charge in [0, 0.05) is 0 Å². The second-order valence-corrected chi connectivity index (χ2v) is 5.98. The highest BCUT2D eigenvalue weighted by molar-refractivity contribution is 6.75. The summed E-state index contributed by atoms with van der Waals surface area (Å²) in [6.07, 6.45) is 4.10. The van der Waals surface area contributed by atoms with Crippen molar-refractivity contribution in [3.63, 3.8) is 0 Å². The predicted octanol–water partition coefficient (Wildman–Crippen LogP) is 3.48. The van der Waals surface area contributed by atoms with Crippen LogP contribution in [0.3, 0.4) is 0 Å². The fourth-order valence-electron chi connectivity index (χ4n) is 1.66. The van der Waals surface area contributed by atoms with Gasteiger partial charge >= 0.3 is 5.97 Å². The molecule has 14 heavy (non-hydrogen) atoms. The van der Waals surface area contributed by atoms with Gasteiger partial charge in [0.05, 0.1) is 0 Å². The van der Waals surface area contributed by atoms with Crippen LogP contribution in [0.5, 0.6) is 0 Å². The number of hydrogen-bond donors (Lipinski definition) is 0. The largest absolute Gasteiger partial charge is 0.459 e. The molecule has 1 saturated carbocycles. The molecule has 5 heteroatoms. The van der Waals surface area contributed by atoms with Crippen molar-refractivity contribution in [3.05, 3.63) is 0 Å². The maximum absolute atomic E-state index is 11.3. The van der Waals surface area contributed by atoms with E-state index in [0.29, 0.717) is 5.92 Å². The third-order valence-corrected chi connectivity index (χ3v) is 2.99. The quantitative estimate of drug-likeness (QED) is 0.532. The van der Waals surface area contributed by atoms with E-state index in [2.05, 4.69) is 6.92 Å². The van der Waals surface area contributed by atoms with Gasteiger partial charge in [-0.2, -0.15) is 0 Å². The van der Waals surface area contributed by atoms with Crippen molar-refractivity contribution in [2.45, 2.75) is 42.5 Å². The lowest BCUT2D eigenvalue weighted by Crippen LogP contribution is -2.33. The molecule has 0 bridgehead atoms. The molecule has 1 rings (SSSR count). The average Bonchev–Trinajstić information content (AvgIpc) is 2.07. The molecule has 0 spiro atoms. The summed E-state index contributed by atoms with van der Waals surface area (Å²) in [4.78, 5) is 11.3. The molecule has 0 aromatic carbocycles. The van der Waals surface area contributed by atoms with Gasteiger partial charge in [0.2, 0.25) is 0 Å². The lowest BCUT2D eigenvalue weighted by molar-refractivity contribution is -0.152. The van der Waals surface area contributed by atoms with Gasteiger partial charge in [-0.3, -0.25) is 0 Å². The Kier molecular flexibility index (Phi) is 4.35. The first kappa shape index (κ1) is 12.4. The molecule has 0 aromatic heterocycles. The first-order chi connectivity index (χ1) is 6.41. The minimum absolute atomic E-state index is 0.0909. The van der Waals surface area contributed by atoms with Crippen molar-refractivity contribution < 1.29 is 9.53 Å². The van der Waals surface area contributed by atoms with Crippen molar-refractivity contribution in [1.82, 2.24) is 0 Å². The maximum atomic E-state index is 11.3. The Labute approximate surface area is 98.8 Å². The van der Waals surface area contributed by atoms with Crippen LogP contribution in [0.2, 0.25) is 0 Å². The van der Waals surface area contributed by atoms with E-state index >= 15 is 0 Å². The average molecular weight is 260 g/mol. The summed E-state index contributed by atoms with van der Waals surface area (Å²) in [7, 11) is 0. The Morgan fingerprint density at radius 2 is 1.86 bits per heavy atom. The van der Waals surface area contributed by atoms with Gasteiger partial charge in [-0.1, -0.05) is 48.1 Å². The summed E-state index contributed by atoms with van der Waals surface area (Å²) >= 11 is 16.2. The van der Waals surface area contributed by atoms with Crippen LogP contribution < -0.4 is 0 Å². The van der Waals surface area contributed by atoms with Crippen LogP contribution in [0.25, 0.3) is 0 Å². The molecule has 0 radical (unpaired) electrons. The van der Waals surface area contributed by atoms with Crippen molar-refractivity contribution in [1.29, 1.82) is 0 Å². The highest BCUT2D eigenvalue weighted by atomic mass is 35.6. The van der Waals surface area contributed by atoms with Gasteiger partial charge in [0.25, 0.3) is 3.79 Å². The topological polar surface area (TPSA) is 26.3 Å². The zero-order valence-corrected chi connectivity index (χ0v) is 10.2. The second-order valence-electron chi connectivity index (χ2n) is 3.70. The zero-order chi connectivity index (χ0) is 10.8. The maximum Gasteiger partial charge on any atom is 0.358 e. The molecule has 0 aliphatic heterocycles. The van der Waals surface area contributed by atoms with Crippen LogP contribution in [0, 0.1) is 5.92 Å². The molecule has 1 aliphatic rings. The van der Waals surface area contributed by atoms with Gasteiger partial charge in [0.15, 0.2) is 0 Å². The van der Waals surface area contributed by atoms with Gasteiger partial charge in [-0.25, -0.2) is 4.79 Å². The molecule has 82 valence electrons. The van der Waals surface area contributed by atoms with E-state index in [4.69, 9.17) is 39.5 Å². The van der Waals surface area contributed by atoms with Crippen molar-refractivity contribution >= 4 is 40.8 Å². The van der Waals surface area contributed by atoms with E-state index in [1.165, 1.54) is 6.42 Å². The van der Waals surface area contributed by atoms with E-state index in [1.54, 1.807) is 0 Å². The Balaban J connectivity index is 2.46. The van der Waals surface area contributed by atoms with E-state index in [-0.39, 0.29) is 6.10 Å². The summed E-state index contributed by atoms with van der Waals surface area (Å²) in [6, 6.07) is 0. The number of ether oxygens (including phenoxy) is 1. The van der Waals surface area contributed by atoms with E-state index in [0.717, 1.165) is 19.3 Å². The summed E-state index contributed by atoms with van der Waals surface area (Å²) in [6.45, 7) is 2.05. The molecule has 1 fully saturated rings. The molecule has 0 amide bonds. The minimum atomic E-state index is -1.95. The third kappa shape index (κ3) is 3.48. The molecule has 2 atom stereocenters. The van der Waals surface area contributed by atoms with E-state index in [1.807, 2.05) is 0 Å². The highest BCUT2D eigenvalue weighted by Crippen LogP contribution is 2.32. The minimum Gasteiger partial charge on any atom is -0.459 e. The fourth-order valence-corrected chi connectivity index (χ4v) is 1.80. The lowest BCUT2D eigenvalue weighted by atomic mass is 9.88. The SMILES string of the molecule is C[C@H]1CCCC[C@@H]1OC(=O)C(Cl)(Cl)Cl. The Bertz CT molecular complexity index is 213. The fraction of sp³-hybridized carbons (Fsp3) is 0.889. The molecule has 0 heterocycles. The van der Waals surface area contributed by atoms with Crippen LogP contribution in [0.1, 0.15) is 32.6 Å². The number of halogens is 3. The summed E-state index contributed by atoms with van der Waals surface area (Å²) in [5, 5.41) is 0. The first-order valence-electron chi connectivity index (χ1n) is 4.69. The van der Waals surface area contributed by atoms with Crippen LogP contribution in [-0.2, 0) is 9.53 Å². The number of alkyl halides is 3. The lowest BCUT2D eigenvalue weighted by Gasteiger charge is -2.29. The smallest absolute Gasteiger partial charge is 0.358 e. The van der Waals surface area contributed by atoms with Gasteiger partial charge in [-0.15, -0.1) is 0 Å². The van der Waals surface area contributed by atoms with Crippen LogP contribution in [0.4, 0.5) is 0 Å². The van der Waals surface area contributed by atoms with Crippen LogP contribution >= 0.6 is 34.8 Å². The molecule has 0 N–H and O–H groups in total. The molecule has 2 nitrogen and oxygen atoms in total. The highest BCUT2D eigenvalue weighted by Gasteiger charge is 2.36. The molecule has 1 aliphatic carbocycles. The number of carbonyl (C=O) groups excluding carboxylic acids is 1. The summed E-state index contributed by atoms with van der Waals surface area (Å²) < 4.78 is 3.19. The molecule has 0 saturated heterocycles. The van der Waals surface area contributed by atoms with Gasteiger partial charge < -0.3 is 4.74 Å². The molecule has 0 unspecified atom stereocenters. The number of hydrogen-bond acceptors (Lipinski definition) is 2. The van der Waals surface area contributed by atoms with E-state index < -0.39 is 9.76 Å². The standard InChI is InChI=1S/C9H13Cl3O2/c1-6-4-2-3-5-7(6)14-8(13)9(10,11)12/h6-7H,2-5H2,1H3/t6-,7-/m0/s1. The Hall–Kier alpha value is 0.340. The zero-order valence-electron chi connectivity index (χ0n) is 7.93. The number of esters is 1. The monoisotopic (exact) mass is 258 g/mol. The molecular weight excluding hydrogens is 246 g/mol. The predicted molar refractivity (Wildman–Crippen MR) is 57.8 cm³/mol. The first-order valence-corrected chi connectivity index (χ1v) is 5.82. The third-order valence-electron chi connectivity index (χ3n) is 2.52. The van der Waals surface area contributed by atoms with Crippen LogP contribution in [-0.4, -0.2) is 15.9 Å². The summed E-state index contributed by atoms with van der Waals surface area (Å²) in [5.74, 6) is -0.402. The summed E-state index contributed by atoms with van der Waals surface area (Å²) in [5.41, 5.74) is 0. The van der Waals surface area contributed by atoms with Crippen molar-refractivity contribution in [2.75, 3.05) is 0 Å². The van der Waals surface area contributed by atoms with Crippen molar-refractivity contribution in [2.24, 2.45) is 5.92 Å². The normalized spacial score (nSPS) is 28.6. The Morgan fingerprint density at radius 1 is 1.29 bits per heavy atom. The second kappa shape index (κ2) is 4.91. The van der Waals surface area contributed by atoms with E-state index in [9.17, 15) is 4.79 Å². The molecular formula is C9H13Cl3O2. The van der Waals surface area contributed by atoms with Crippen LogP contribution in [0.15, 0.2) is 0 Å².